The first-order valence-electron chi connectivity index (χ1n) is 7.47. The highest BCUT2D eigenvalue weighted by molar-refractivity contribution is 5.60. The van der Waals surface area contributed by atoms with E-state index in [9.17, 15) is 0 Å². The van der Waals surface area contributed by atoms with E-state index in [0.717, 1.165) is 30.7 Å². The lowest BCUT2D eigenvalue weighted by Gasteiger charge is -2.37. The lowest BCUT2D eigenvalue weighted by Crippen LogP contribution is -2.44. The van der Waals surface area contributed by atoms with Gasteiger partial charge in [0.2, 0.25) is 0 Å². The first kappa shape index (κ1) is 12.8. The van der Waals surface area contributed by atoms with Crippen molar-refractivity contribution in [2.75, 3.05) is 31.6 Å². The van der Waals surface area contributed by atoms with E-state index >= 15 is 0 Å². The molecule has 0 bridgehead atoms. The Kier molecular flexibility index (Phi) is 3.65. The van der Waals surface area contributed by atoms with Crippen LogP contribution >= 0.6 is 0 Å². The molecule has 1 N–H and O–H groups in total. The molecule has 0 saturated carbocycles. The lowest BCUT2D eigenvalue weighted by atomic mass is 9.93. The first-order chi connectivity index (χ1) is 9.31. The number of piperidine rings is 1. The van der Waals surface area contributed by atoms with Gasteiger partial charge in [0.1, 0.15) is 5.75 Å². The summed E-state index contributed by atoms with van der Waals surface area (Å²) in [5.41, 5.74) is 2.68. The first-order valence-corrected chi connectivity index (χ1v) is 7.47. The fourth-order valence-corrected chi connectivity index (χ4v) is 3.47. The van der Waals surface area contributed by atoms with Crippen molar-refractivity contribution >= 4 is 5.69 Å². The Bertz CT molecular complexity index is 446. The average molecular weight is 260 g/mol. The van der Waals surface area contributed by atoms with Gasteiger partial charge in [-0.2, -0.15) is 0 Å². The molecule has 2 aliphatic heterocycles. The van der Waals surface area contributed by atoms with Gasteiger partial charge in [-0.1, -0.05) is 13.0 Å². The van der Waals surface area contributed by atoms with E-state index in [2.05, 4.69) is 35.3 Å². The summed E-state index contributed by atoms with van der Waals surface area (Å²) in [6.45, 7) is 5.70. The van der Waals surface area contributed by atoms with Crippen molar-refractivity contribution in [3.05, 3.63) is 23.8 Å². The zero-order chi connectivity index (χ0) is 13.2. The van der Waals surface area contributed by atoms with E-state index in [-0.39, 0.29) is 0 Å². The highest BCUT2D eigenvalue weighted by Gasteiger charge is 2.33. The van der Waals surface area contributed by atoms with Gasteiger partial charge in [0.05, 0.1) is 12.8 Å². The van der Waals surface area contributed by atoms with E-state index < -0.39 is 0 Å². The molecule has 2 atom stereocenters. The maximum absolute atomic E-state index is 5.55. The molecular weight excluding hydrogens is 236 g/mol. The predicted octanol–water partition coefficient (Wildman–Crippen LogP) is 2.45. The SMILES string of the molecule is CCc1ccc(OC)c(N2CCC3NCCC3C2)c1. The summed E-state index contributed by atoms with van der Waals surface area (Å²) >= 11 is 0. The Labute approximate surface area is 115 Å². The second-order valence-corrected chi connectivity index (χ2v) is 5.70. The second kappa shape index (κ2) is 5.41. The Balaban J connectivity index is 1.84. The van der Waals surface area contributed by atoms with E-state index in [1.54, 1.807) is 7.11 Å². The molecule has 3 heteroatoms. The van der Waals surface area contributed by atoms with Crippen LogP contribution in [0.15, 0.2) is 18.2 Å². The third-order valence-corrected chi connectivity index (χ3v) is 4.65. The second-order valence-electron chi connectivity index (χ2n) is 5.70. The van der Waals surface area contributed by atoms with Crippen LogP contribution < -0.4 is 15.0 Å². The van der Waals surface area contributed by atoms with Gasteiger partial charge in [-0.25, -0.2) is 0 Å². The number of rotatable bonds is 3. The number of ether oxygens (including phenoxy) is 1. The summed E-state index contributed by atoms with van der Waals surface area (Å²) in [6.07, 6.45) is 3.65. The van der Waals surface area contributed by atoms with Crippen molar-refractivity contribution in [1.29, 1.82) is 0 Å². The summed E-state index contributed by atoms with van der Waals surface area (Å²) in [5.74, 6) is 1.82. The molecule has 104 valence electrons. The number of hydrogen-bond acceptors (Lipinski definition) is 3. The molecule has 2 saturated heterocycles. The van der Waals surface area contributed by atoms with E-state index in [0.29, 0.717) is 0 Å². The molecule has 2 fully saturated rings. The van der Waals surface area contributed by atoms with Gasteiger partial charge in [-0.05, 0) is 49.4 Å². The zero-order valence-corrected chi connectivity index (χ0v) is 12.0. The highest BCUT2D eigenvalue weighted by Crippen LogP contribution is 2.34. The number of aryl methyl sites for hydroxylation is 1. The molecule has 0 radical (unpaired) electrons. The fraction of sp³-hybridized carbons (Fsp3) is 0.625. The Morgan fingerprint density at radius 2 is 2.26 bits per heavy atom. The van der Waals surface area contributed by atoms with E-state index in [4.69, 9.17) is 4.74 Å². The highest BCUT2D eigenvalue weighted by atomic mass is 16.5. The molecule has 2 unspecified atom stereocenters. The molecule has 19 heavy (non-hydrogen) atoms. The lowest BCUT2D eigenvalue weighted by molar-refractivity contribution is 0.369. The largest absolute Gasteiger partial charge is 0.495 e. The third-order valence-electron chi connectivity index (χ3n) is 4.65. The topological polar surface area (TPSA) is 24.5 Å². The molecule has 2 heterocycles. The quantitative estimate of drug-likeness (QED) is 0.903. The number of methoxy groups -OCH3 is 1. The summed E-state index contributed by atoms with van der Waals surface area (Å²) in [5, 5.41) is 3.62. The number of nitrogens with one attached hydrogen (secondary N) is 1. The summed E-state index contributed by atoms with van der Waals surface area (Å²) in [4.78, 5) is 2.52. The third kappa shape index (κ3) is 2.44. The average Bonchev–Trinajstić information content (AvgIpc) is 2.93. The van der Waals surface area contributed by atoms with E-state index in [1.165, 1.54) is 37.2 Å². The molecule has 1 aromatic rings. The minimum atomic E-state index is 0.747. The number of benzene rings is 1. The molecule has 2 aliphatic rings. The number of fused-ring (bicyclic) bond motifs is 1. The molecule has 3 nitrogen and oxygen atoms in total. The van der Waals surface area contributed by atoms with Crippen LogP contribution in [0.25, 0.3) is 0 Å². The van der Waals surface area contributed by atoms with Gasteiger partial charge in [0.15, 0.2) is 0 Å². The molecule has 1 aromatic carbocycles. The normalized spacial score (nSPS) is 26.3. The van der Waals surface area contributed by atoms with Crippen molar-refractivity contribution in [2.24, 2.45) is 5.92 Å². The van der Waals surface area contributed by atoms with Crippen LogP contribution in [0.3, 0.4) is 0 Å². The van der Waals surface area contributed by atoms with Crippen molar-refractivity contribution in [2.45, 2.75) is 32.2 Å². The zero-order valence-electron chi connectivity index (χ0n) is 12.0. The van der Waals surface area contributed by atoms with Gasteiger partial charge in [-0.15, -0.1) is 0 Å². The van der Waals surface area contributed by atoms with Crippen LogP contribution in [0.1, 0.15) is 25.3 Å². The van der Waals surface area contributed by atoms with Gasteiger partial charge in [0, 0.05) is 19.1 Å². The molecular formula is C16H24N2O. The smallest absolute Gasteiger partial charge is 0.142 e. The standard InChI is InChI=1S/C16H24N2O/c1-3-12-4-5-16(19-2)15(10-12)18-9-7-14-13(11-18)6-8-17-14/h4-5,10,13-14,17H,3,6-9,11H2,1-2H3. The maximum atomic E-state index is 5.55. The molecule has 0 amide bonds. The summed E-state index contributed by atoms with van der Waals surface area (Å²) in [7, 11) is 1.77. The van der Waals surface area contributed by atoms with Crippen LogP contribution in [0.4, 0.5) is 5.69 Å². The Hall–Kier alpha value is -1.22. The summed E-state index contributed by atoms with van der Waals surface area (Å²) in [6, 6.07) is 7.34. The van der Waals surface area contributed by atoms with Crippen LogP contribution in [0.5, 0.6) is 5.75 Å². The molecule has 0 aliphatic carbocycles. The van der Waals surface area contributed by atoms with Crippen molar-refractivity contribution in [1.82, 2.24) is 5.32 Å². The van der Waals surface area contributed by atoms with Crippen LogP contribution in [-0.2, 0) is 6.42 Å². The summed E-state index contributed by atoms with van der Waals surface area (Å²) < 4.78 is 5.55. The Morgan fingerprint density at radius 1 is 1.37 bits per heavy atom. The van der Waals surface area contributed by atoms with Crippen molar-refractivity contribution < 1.29 is 4.74 Å². The van der Waals surface area contributed by atoms with Gasteiger partial charge < -0.3 is 15.0 Å². The molecule has 0 aromatic heterocycles. The molecule has 0 spiro atoms. The van der Waals surface area contributed by atoms with Crippen molar-refractivity contribution in [3.8, 4) is 5.75 Å². The van der Waals surface area contributed by atoms with Gasteiger partial charge in [0.25, 0.3) is 0 Å². The molecule has 3 rings (SSSR count). The maximum Gasteiger partial charge on any atom is 0.142 e. The minimum Gasteiger partial charge on any atom is -0.495 e. The van der Waals surface area contributed by atoms with E-state index in [1.807, 2.05) is 0 Å². The number of hydrogen-bond donors (Lipinski definition) is 1. The minimum absolute atomic E-state index is 0.747. The fourth-order valence-electron chi connectivity index (χ4n) is 3.47. The van der Waals surface area contributed by atoms with Crippen LogP contribution in [0, 0.1) is 5.92 Å². The van der Waals surface area contributed by atoms with Crippen LogP contribution in [-0.4, -0.2) is 32.8 Å². The Morgan fingerprint density at radius 3 is 3.05 bits per heavy atom. The van der Waals surface area contributed by atoms with Crippen LogP contribution in [0.2, 0.25) is 0 Å². The number of anilines is 1. The monoisotopic (exact) mass is 260 g/mol. The van der Waals surface area contributed by atoms with Gasteiger partial charge in [-0.3, -0.25) is 0 Å². The van der Waals surface area contributed by atoms with Crippen molar-refractivity contribution in [3.63, 3.8) is 0 Å². The predicted molar refractivity (Wildman–Crippen MR) is 79.1 cm³/mol. The van der Waals surface area contributed by atoms with Gasteiger partial charge >= 0.3 is 0 Å². The number of nitrogens with zero attached hydrogens (tertiary/aromatic N) is 1.